The van der Waals surface area contributed by atoms with E-state index < -0.39 is 0 Å². The molecule has 0 fully saturated rings. The van der Waals surface area contributed by atoms with Crippen LogP contribution in [0.3, 0.4) is 0 Å². The lowest BCUT2D eigenvalue weighted by Gasteiger charge is -2.18. The van der Waals surface area contributed by atoms with Gasteiger partial charge in [0.15, 0.2) is 0 Å². The van der Waals surface area contributed by atoms with Gasteiger partial charge in [0.05, 0.1) is 12.5 Å². The van der Waals surface area contributed by atoms with Crippen LogP contribution < -0.4 is 0 Å². The third-order valence-corrected chi connectivity index (χ3v) is 6.64. The molecule has 1 aliphatic rings. The van der Waals surface area contributed by atoms with Gasteiger partial charge in [-0.2, -0.15) is 0 Å². The predicted molar refractivity (Wildman–Crippen MR) is 132 cm³/mol. The maximum absolute atomic E-state index is 5.17. The average molecular weight is 401 g/mol. The predicted octanol–water partition coefficient (Wildman–Crippen LogP) is 8.46. The summed E-state index contributed by atoms with van der Waals surface area (Å²) in [6, 6.07) is 30.5. The van der Waals surface area contributed by atoms with Crippen molar-refractivity contribution in [2.24, 2.45) is 0 Å². The minimum atomic E-state index is 1.17. The number of hydrogen-bond donors (Lipinski definition) is 0. The molecule has 31 heavy (non-hydrogen) atoms. The van der Waals surface area contributed by atoms with E-state index in [1.807, 2.05) is 6.07 Å². The van der Waals surface area contributed by atoms with Crippen LogP contribution in [0.5, 0.6) is 0 Å². The van der Waals surface area contributed by atoms with Crippen LogP contribution in [0, 0.1) is 0 Å². The lowest BCUT2D eigenvalue weighted by Crippen LogP contribution is -2.02. The standard InChI is InChI=1S/C18H16.C12H8O/c1-3-7-15-13(5-1)9-11-18-16-8-4-2-6-14(16)10-12-17(15)18;1-2-4-11-9(3-1)5-6-10-7-13-8-12(10)11/h1,3,5,7,9-12H,2,4,6,8H2;1-8H. The summed E-state index contributed by atoms with van der Waals surface area (Å²) in [5.41, 5.74) is 3.17. The lowest BCUT2D eigenvalue weighted by molar-refractivity contribution is 0.572. The van der Waals surface area contributed by atoms with Gasteiger partial charge in [-0.3, -0.25) is 0 Å². The second-order valence-electron chi connectivity index (χ2n) is 8.45. The Balaban J connectivity index is 0.000000126. The Morgan fingerprint density at radius 1 is 0.452 bits per heavy atom. The Morgan fingerprint density at radius 2 is 1.10 bits per heavy atom. The molecule has 0 bridgehead atoms. The van der Waals surface area contributed by atoms with E-state index in [1.165, 1.54) is 68.8 Å². The summed E-state index contributed by atoms with van der Waals surface area (Å²) in [6.07, 6.45) is 8.80. The highest BCUT2D eigenvalue weighted by molar-refractivity contribution is 6.09. The molecule has 6 aromatic rings. The van der Waals surface area contributed by atoms with E-state index in [-0.39, 0.29) is 0 Å². The van der Waals surface area contributed by atoms with Crippen molar-refractivity contribution in [3.63, 3.8) is 0 Å². The molecule has 0 unspecified atom stereocenters. The molecule has 0 saturated heterocycles. The second-order valence-corrected chi connectivity index (χ2v) is 8.45. The van der Waals surface area contributed by atoms with Gasteiger partial charge in [-0.25, -0.2) is 0 Å². The molecule has 0 aliphatic heterocycles. The summed E-state index contributed by atoms with van der Waals surface area (Å²) >= 11 is 0. The Labute approximate surface area is 181 Å². The van der Waals surface area contributed by atoms with Crippen molar-refractivity contribution in [3.05, 3.63) is 109 Å². The molecule has 0 spiro atoms. The highest BCUT2D eigenvalue weighted by Crippen LogP contribution is 2.33. The van der Waals surface area contributed by atoms with Crippen LogP contribution in [-0.4, -0.2) is 0 Å². The molecule has 0 N–H and O–H groups in total. The number of rotatable bonds is 0. The van der Waals surface area contributed by atoms with E-state index in [1.54, 1.807) is 23.7 Å². The van der Waals surface area contributed by atoms with E-state index in [4.69, 9.17) is 4.42 Å². The zero-order valence-corrected chi connectivity index (χ0v) is 17.5. The lowest BCUT2D eigenvalue weighted by atomic mass is 9.86. The Hall–Kier alpha value is -3.58. The topological polar surface area (TPSA) is 13.1 Å². The van der Waals surface area contributed by atoms with Crippen LogP contribution in [0.4, 0.5) is 0 Å². The van der Waals surface area contributed by atoms with Gasteiger partial charge in [0, 0.05) is 10.8 Å². The van der Waals surface area contributed by atoms with Crippen LogP contribution in [0.1, 0.15) is 24.0 Å². The van der Waals surface area contributed by atoms with Gasteiger partial charge >= 0.3 is 0 Å². The monoisotopic (exact) mass is 400 g/mol. The fourth-order valence-corrected chi connectivity index (χ4v) is 5.06. The molecule has 0 atom stereocenters. The normalized spacial score (nSPS) is 13.3. The SMILES string of the molecule is c1ccc2c(c1)ccc1c3c(ccc12)CCCC3.c1ccc2c(c1)ccc1cocc12. The van der Waals surface area contributed by atoms with E-state index >= 15 is 0 Å². The van der Waals surface area contributed by atoms with E-state index in [2.05, 4.69) is 78.9 Å². The van der Waals surface area contributed by atoms with Gasteiger partial charge in [0.25, 0.3) is 0 Å². The van der Waals surface area contributed by atoms with Crippen LogP contribution in [0.15, 0.2) is 102 Å². The highest BCUT2D eigenvalue weighted by atomic mass is 16.3. The zero-order valence-electron chi connectivity index (χ0n) is 17.5. The van der Waals surface area contributed by atoms with Crippen molar-refractivity contribution in [3.8, 4) is 0 Å². The van der Waals surface area contributed by atoms with Gasteiger partial charge in [-0.05, 0) is 69.1 Å². The zero-order chi connectivity index (χ0) is 20.6. The molecule has 1 aromatic heterocycles. The molecule has 1 heterocycles. The fraction of sp³-hybridized carbons (Fsp3) is 0.133. The molecule has 5 aromatic carbocycles. The fourth-order valence-electron chi connectivity index (χ4n) is 5.06. The van der Waals surface area contributed by atoms with Gasteiger partial charge in [-0.1, -0.05) is 84.9 Å². The summed E-state index contributed by atoms with van der Waals surface area (Å²) in [6.45, 7) is 0. The highest BCUT2D eigenvalue weighted by Gasteiger charge is 2.13. The largest absolute Gasteiger partial charge is 0.471 e. The first kappa shape index (κ1) is 18.2. The van der Waals surface area contributed by atoms with Crippen LogP contribution in [0.25, 0.3) is 43.1 Å². The number of aryl methyl sites for hydroxylation is 2. The first-order chi connectivity index (χ1) is 15.4. The third-order valence-electron chi connectivity index (χ3n) is 6.64. The molecule has 1 nitrogen and oxygen atoms in total. The van der Waals surface area contributed by atoms with E-state index in [0.29, 0.717) is 0 Å². The Morgan fingerprint density at radius 3 is 1.94 bits per heavy atom. The van der Waals surface area contributed by atoms with Crippen molar-refractivity contribution < 1.29 is 4.42 Å². The van der Waals surface area contributed by atoms with E-state index in [0.717, 1.165) is 0 Å². The summed E-state index contributed by atoms with van der Waals surface area (Å²) in [5.74, 6) is 0. The maximum atomic E-state index is 5.17. The molecule has 0 amide bonds. The third kappa shape index (κ3) is 3.18. The van der Waals surface area contributed by atoms with Crippen molar-refractivity contribution >= 4 is 43.1 Å². The maximum Gasteiger partial charge on any atom is 0.0987 e. The van der Waals surface area contributed by atoms with Gasteiger partial charge in [0.2, 0.25) is 0 Å². The number of hydrogen-bond acceptors (Lipinski definition) is 1. The van der Waals surface area contributed by atoms with Crippen molar-refractivity contribution in [2.45, 2.75) is 25.7 Å². The Kier molecular flexibility index (Phi) is 4.46. The van der Waals surface area contributed by atoms with Gasteiger partial charge < -0.3 is 4.42 Å². The molecular formula is C30H24O. The summed E-state index contributed by atoms with van der Waals surface area (Å²) in [7, 11) is 0. The molecule has 0 radical (unpaired) electrons. The molecule has 7 rings (SSSR count). The van der Waals surface area contributed by atoms with Crippen LogP contribution in [-0.2, 0) is 12.8 Å². The summed E-state index contributed by atoms with van der Waals surface area (Å²) < 4.78 is 5.17. The van der Waals surface area contributed by atoms with Gasteiger partial charge in [0.1, 0.15) is 0 Å². The first-order valence-electron chi connectivity index (χ1n) is 11.1. The Bertz CT molecular complexity index is 1540. The first-order valence-corrected chi connectivity index (χ1v) is 11.1. The van der Waals surface area contributed by atoms with Crippen molar-refractivity contribution in [2.75, 3.05) is 0 Å². The van der Waals surface area contributed by atoms with E-state index in [9.17, 15) is 0 Å². The molecule has 1 aliphatic carbocycles. The van der Waals surface area contributed by atoms with Crippen LogP contribution in [0.2, 0.25) is 0 Å². The number of benzene rings is 5. The molecule has 1 heteroatoms. The van der Waals surface area contributed by atoms with Gasteiger partial charge in [-0.15, -0.1) is 0 Å². The number of furan rings is 1. The number of fused-ring (bicyclic) bond motifs is 8. The van der Waals surface area contributed by atoms with Crippen molar-refractivity contribution in [1.82, 2.24) is 0 Å². The second kappa shape index (κ2) is 7.59. The minimum Gasteiger partial charge on any atom is -0.471 e. The minimum absolute atomic E-state index is 1.17. The summed E-state index contributed by atoms with van der Waals surface area (Å²) in [5, 5.41) is 10.5. The van der Waals surface area contributed by atoms with Crippen LogP contribution >= 0.6 is 0 Å². The quantitative estimate of drug-likeness (QED) is 0.233. The molecule has 150 valence electrons. The average Bonchev–Trinajstić information content (AvgIpc) is 3.34. The molecular weight excluding hydrogens is 376 g/mol. The summed E-state index contributed by atoms with van der Waals surface area (Å²) in [4.78, 5) is 0. The van der Waals surface area contributed by atoms with Crippen molar-refractivity contribution in [1.29, 1.82) is 0 Å². The molecule has 0 saturated carbocycles. The smallest absolute Gasteiger partial charge is 0.0987 e.